The maximum atomic E-state index is 6.11. The Kier molecular flexibility index (Phi) is 5.41. The van der Waals surface area contributed by atoms with E-state index in [9.17, 15) is 0 Å². The lowest BCUT2D eigenvalue weighted by molar-refractivity contribution is 0.292. The van der Waals surface area contributed by atoms with E-state index in [1.165, 1.54) is 0 Å². The minimum Gasteiger partial charge on any atom is -0.463 e. The van der Waals surface area contributed by atoms with Crippen molar-refractivity contribution >= 4 is 40.8 Å². The number of hydrogen-bond acceptors (Lipinski definition) is 6. The molecule has 21 heavy (non-hydrogen) atoms. The van der Waals surface area contributed by atoms with Crippen LogP contribution in [-0.2, 0) is 0 Å². The molecule has 1 heterocycles. The first-order chi connectivity index (χ1) is 10.1. The second-order valence-corrected chi connectivity index (χ2v) is 4.90. The van der Waals surface area contributed by atoms with Gasteiger partial charge in [0.25, 0.3) is 0 Å². The number of anilines is 3. The molecule has 2 rings (SSSR count). The highest BCUT2D eigenvalue weighted by Crippen LogP contribution is 2.31. The molecule has 112 valence electrons. The lowest BCUT2D eigenvalue weighted by Crippen LogP contribution is -2.08. The second-order valence-electron chi connectivity index (χ2n) is 4.09. The molecule has 8 heteroatoms. The highest BCUT2D eigenvalue weighted by atomic mass is 35.5. The lowest BCUT2D eigenvalue weighted by Gasteiger charge is -2.11. The highest BCUT2D eigenvalue weighted by molar-refractivity contribution is 6.39. The maximum absolute atomic E-state index is 6.11. The molecule has 1 aromatic carbocycles. The Morgan fingerprint density at radius 2 is 1.76 bits per heavy atom. The van der Waals surface area contributed by atoms with Crippen molar-refractivity contribution in [3.63, 3.8) is 0 Å². The number of hydrogen-bond donors (Lipinski definition) is 2. The van der Waals surface area contributed by atoms with Gasteiger partial charge in [-0.1, -0.05) is 36.2 Å². The minimum absolute atomic E-state index is 0.238. The molecule has 0 aliphatic heterocycles. The molecule has 0 aliphatic rings. The van der Waals surface area contributed by atoms with Crippen LogP contribution in [-0.4, -0.2) is 28.6 Å². The Morgan fingerprint density at radius 3 is 2.38 bits per heavy atom. The van der Waals surface area contributed by atoms with E-state index >= 15 is 0 Å². The van der Waals surface area contributed by atoms with Crippen LogP contribution in [0, 0.1) is 0 Å². The number of rotatable bonds is 6. The average Bonchev–Trinajstić information content (AvgIpc) is 2.49. The topological polar surface area (TPSA) is 72.0 Å². The van der Waals surface area contributed by atoms with E-state index in [2.05, 4.69) is 25.6 Å². The Labute approximate surface area is 132 Å². The third-order valence-electron chi connectivity index (χ3n) is 2.47. The molecular weight excluding hydrogens is 313 g/mol. The molecule has 2 N–H and O–H groups in total. The fraction of sp³-hybridized carbons (Fsp3) is 0.308. The molecule has 0 unspecified atom stereocenters. The first-order valence-electron chi connectivity index (χ1n) is 6.41. The van der Waals surface area contributed by atoms with Gasteiger partial charge in [0.15, 0.2) is 0 Å². The van der Waals surface area contributed by atoms with Gasteiger partial charge in [0.05, 0.1) is 22.3 Å². The molecule has 0 fully saturated rings. The summed E-state index contributed by atoms with van der Waals surface area (Å²) >= 11 is 12.2. The first-order valence-corrected chi connectivity index (χ1v) is 7.17. The molecule has 0 saturated heterocycles. The van der Waals surface area contributed by atoms with Crippen molar-refractivity contribution in [1.29, 1.82) is 0 Å². The van der Waals surface area contributed by atoms with Crippen LogP contribution in [0.5, 0.6) is 6.01 Å². The van der Waals surface area contributed by atoms with Gasteiger partial charge in [0, 0.05) is 7.05 Å². The van der Waals surface area contributed by atoms with Crippen LogP contribution in [0.1, 0.15) is 13.3 Å². The van der Waals surface area contributed by atoms with E-state index in [-0.39, 0.29) is 6.01 Å². The maximum Gasteiger partial charge on any atom is 0.323 e. The van der Waals surface area contributed by atoms with Crippen molar-refractivity contribution in [3.8, 4) is 6.01 Å². The third kappa shape index (κ3) is 4.09. The highest BCUT2D eigenvalue weighted by Gasteiger charge is 2.11. The van der Waals surface area contributed by atoms with Crippen LogP contribution < -0.4 is 15.4 Å². The Bertz CT molecular complexity index is 603. The average molecular weight is 328 g/mol. The van der Waals surface area contributed by atoms with Gasteiger partial charge in [-0.05, 0) is 18.6 Å². The largest absolute Gasteiger partial charge is 0.463 e. The van der Waals surface area contributed by atoms with E-state index in [0.717, 1.165) is 6.42 Å². The first kappa shape index (κ1) is 15.6. The molecule has 0 radical (unpaired) electrons. The van der Waals surface area contributed by atoms with E-state index in [1.54, 1.807) is 25.2 Å². The number of benzene rings is 1. The monoisotopic (exact) mass is 327 g/mol. The fourth-order valence-electron chi connectivity index (χ4n) is 1.51. The molecule has 0 amide bonds. The normalized spacial score (nSPS) is 10.3. The minimum atomic E-state index is 0.238. The summed E-state index contributed by atoms with van der Waals surface area (Å²) < 4.78 is 5.43. The predicted octanol–water partition coefficient (Wildman–Crippen LogP) is 3.75. The predicted molar refractivity (Wildman–Crippen MR) is 84.9 cm³/mol. The van der Waals surface area contributed by atoms with Crippen molar-refractivity contribution in [2.75, 3.05) is 24.3 Å². The summed E-state index contributed by atoms with van der Waals surface area (Å²) in [6.07, 6.45) is 0.861. The Morgan fingerprint density at radius 1 is 1.10 bits per heavy atom. The molecule has 0 aliphatic carbocycles. The number of ether oxygens (including phenoxy) is 1. The van der Waals surface area contributed by atoms with Gasteiger partial charge in [-0.15, -0.1) is 0 Å². The van der Waals surface area contributed by atoms with Gasteiger partial charge >= 0.3 is 6.01 Å². The summed E-state index contributed by atoms with van der Waals surface area (Å²) in [5.41, 5.74) is 0.538. The van der Waals surface area contributed by atoms with Crippen molar-refractivity contribution in [2.24, 2.45) is 0 Å². The summed E-state index contributed by atoms with van der Waals surface area (Å²) in [5, 5.41) is 6.79. The van der Waals surface area contributed by atoms with Crippen LogP contribution in [0.4, 0.5) is 17.6 Å². The second kappa shape index (κ2) is 7.28. The smallest absolute Gasteiger partial charge is 0.323 e. The third-order valence-corrected chi connectivity index (χ3v) is 3.10. The van der Waals surface area contributed by atoms with Crippen LogP contribution >= 0.6 is 23.2 Å². The van der Waals surface area contributed by atoms with Gasteiger partial charge in [-0.25, -0.2) is 0 Å². The Balaban J connectivity index is 2.30. The number of nitrogens with one attached hydrogen (secondary N) is 2. The zero-order valence-electron chi connectivity index (χ0n) is 11.7. The van der Waals surface area contributed by atoms with Gasteiger partial charge in [0.2, 0.25) is 11.9 Å². The molecule has 6 nitrogen and oxygen atoms in total. The van der Waals surface area contributed by atoms with Crippen LogP contribution in [0.25, 0.3) is 0 Å². The molecular formula is C13H15Cl2N5O. The molecule has 0 spiro atoms. The standard InChI is InChI=1S/C13H15Cl2N5O/c1-3-7-21-13-19-11(16-2)18-12(20-13)17-10-8(14)5-4-6-9(10)15/h4-6H,3,7H2,1-2H3,(H2,16,17,18,19,20). The summed E-state index contributed by atoms with van der Waals surface area (Å²) in [7, 11) is 1.71. The van der Waals surface area contributed by atoms with E-state index in [0.29, 0.717) is 34.2 Å². The van der Waals surface area contributed by atoms with Gasteiger partial charge in [-0.2, -0.15) is 15.0 Å². The zero-order valence-corrected chi connectivity index (χ0v) is 13.2. The van der Waals surface area contributed by atoms with Gasteiger partial charge in [0.1, 0.15) is 0 Å². The van der Waals surface area contributed by atoms with Crippen LogP contribution in [0.3, 0.4) is 0 Å². The van der Waals surface area contributed by atoms with Crippen molar-refractivity contribution in [1.82, 2.24) is 15.0 Å². The van der Waals surface area contributed by atoms with Gasteiger partial charge < -0.3 is 15.4 Å². The van der Waals surface area contributed by atoms with Crippen molar-refractivity contribution < 1.29 is 4.74 Å². The number of aromatic nitrogens is 3. The number of halogens is 2. The SMILES string of the molecule is CCCOc1nc(NC)nc(Nc2c(Cl)cccc2Cl)n1. The van der Waals surface area contributed by atoms with E-state index < -0.39 is 0 Å². The summed E-state index contributed by atoms with van der Waals surface area (Å²) in [6.45, 7) is 2.53. The number of nitrogens with zero attached hydrogens (tertiary/aromatic N) is 3. The molecule has 2 aromatic rings. The molecule has 0 saturated carbocycles. The summed E-state index contributed by atoms with van der Waals surface area (Å²) in [6, 6.07) is 5.45. The molecule has 1 aromatic heterocycles. The number of para-hydroxylation sites is 1. The summed E-state index contributed by atoms with van der Waals surface area (Å²) in [5.74, 6) is 0.692. The quantitative estimate of drug-likeness (QED) is 0.841. The summed E-state index contributed by atoms with van der Waals surface area (Å²) in [4.78, 5) is 12.5. The molecule has 0 bridgehead atoms. The van der Waals surface area contributed by atoms with Crippen LogP contribution in [0.15, 0.2) is 18.2 Å². The van der Waals surface area contributed by atoms with Crippen LogP contribution in [0.2, 0.25) is 10.0 Å². The van der Waals surface area contributed by atoms with Gasteiger partial charge in [-0.3, -0.25) is 0 Å². The zero-order chi connectivity index (χ0) is 15.2. The molecule has 0 atom stereocenters. The van der Waals surface area contributed by atoms with Crippen molar-refractivity contribution in [3.05, 3.63) is 28.2 Å². The van der Waals surface area contributed by atoms with Crippen molar-refractivity contribution in [2.45, 2.75) is 13.3 Å². The fourth-order valence-corrected chi connectivity index (χ4v) is 2.00. The van der Waals surface area contributed by atoms with E-state index in [4.69, 9.17) is 27.9 Å². The lowest BCUT2D eigenvalue weighted by atomic mass is 10.3. The Hall–Kier alpha value is -1.79. The van der Waals surface area contributed by atoms with E-state index in [1.807, 2.05) is 6.92 Å².